The topological polar surface area (TPSA) is 82.8 Å². The van der Waals surface area contributed by atoms with Gasteiger partial charge in [0, 0.05) is 0 Å². The number of carbonyl (C=O) groups is 1. The Hall–Kier alpha value is -2.41. The Morgan fingerprint density at radius 3 is 2.89 bits per heavy atom. The minimum Gasteiger partial charge on any atom is -0.374 e. The third-order valence-electron chi connectivity index (χ3n) is 2.47. The first-order valence-corrected chi connectivity index (χ1v) is 5.90. The van der Waals surface area contributed by atoms with E-state index in [4.69, 9.17) is 18.0 Å². The summed E-state index contributed by atoms with van der Waals surface area (Å²) in [5.41, 5.74) is 13.2. The Kier molecular flexibility index (Phi) is 3.48. The molecule has 1 fully saturated rings. The van der Waals surface area contributed by atoms with Crippen molar-refractivity contribution < 1.29 is 4.79 Å². The number of hydrazone groups is 1. The van der Waals surface area contributed by atoms with Crippen LogP contribution in [0.5, 0.6) is 0 Å². The second-order valence-corrected chi connectivity index (χ2v) is 4.43. The highest BCUT2D eigenvalue weighted by Crippen LogP contribution is 2.12. The van der Waals surface area contributed by atoms with E-state index in [1.165, 1.54) is 0 Å². The summed E-state index contributed by atoms with van der Waals surface area (Å²) in [7, 11) is 0. The molecule has 0 radical (unpaired) electrons. The number of nitrogens with zero attached hydrogens (tertiary/aromatic N) is 2. The van der Waals surface area contributed by atoms with Crippen LogP contribution in [0.25, 0.3) is 0 Å². The Morgan fingerprint density at radius 1 is 1.58 bits per heavy atom. The first-order valence-electron chi connectivity index (χ1n) is 5.49. The van der Waals surface area contributed by atoms with Gasteiger partial charge < -0.3 is 5.73 Å². The lowest BCUT2D eigenvalue weighted by Gasteiger charge is -2.11. The fourth-order valence-corrected chi connectivity index (χ4v) is 1.71. The molecule has 1 amide bonds. The maximum Gasteiger partial charge on any atom is 0.301 e. The Morgan fingerprint density at radius 2 is 2.32 bits per heavy atom. The van der Waals surface area contributed by atoms with Gasteiger partial charge in [0.15, 0.2) is 10.8 Å². The van der Waals surface area contributed by atoms with E-state index in [2.05, 4.69) is 22.5 Å². The summed E-state index contributed by atoms with van der Waals surface area (Å²) in [5.74, 6) is -0.433. The number of benzene rings is 1. The number of thiocarbonyl (C=S) groups is 1. The average Bonchev–Trinajstić information content (AvgIpc) is 2.63. The summed E-state index contributed by atoms with van der Waals surface area (Å²) in [6.07, 6.45) is 0. The zero-order chi connectivity index (χ0) is 14.0. The van der Waals surface area contributed by atoms with Crippen LogP contribution in [-0.2, 0) is 4.79 Å². The maximum atomic E-state index is 11.9. The molecule has 0 saturated carbocycles. The number of nitrogens with one attached hydrogen (secondary N) is 2. The van der Waals surface area contributed by atoms with Gasteiger partial charge in [-0.1, -0.05) is 18.7 Å². The van der Waals surface area contributed by atoms with Gasteiger partial charge in [-0.2, -0.15) is 10.1 Å². The predicted octanol–water partition coefficient (Wildman–Crippen LogP) is 0.867. The highest BCUT2D eigenvalue weighted by Gasteiger charge is 2.32. The number of carbonyl (C=O) groups excluding carboxylic acids is 1. The summed E-state index contributed by atoms with van der Waals surface area (Å²) in [6, 6.07) is 7.61. The average molecular weight is 275 g/mol. The Balaban J connectivity index is 2.18. The highest BCUT2D eigenvalue weighted by atomic mass is 32.1. The second-order valence-electron chi connectivity index (χ2n) is 4.01. The van der Waals surface area contributed by atoms with Crippen LogP contribution >= 0.6 is 12.2 Å². The van der Waals surface area contributed by atoms with Crippen molar-refractivity contribution in [3.8, 4) is 0 Å². The number of hydrogen-bond acceptors (Lipinski definition) is 5. The van der Waals surface area contributed by atoms with Crippen molar-refractivity contribution in [1.29, 1.82) is 0 Å². The van der Waals surface area contributed by atoms with Gasteiger partial charge in [-0.15, -0.1) is 0 Å². The number of anilines is 1. The molecule has 4 N–H and O–H groups in total. The standard InChI is InChI=1S/C12H13N5OS/c1-7-4-3-5-9(6-7)14-15-10-8(2)16-17(11(10)18)12(13)19/h3-6,14,16H,2H2,1H3,(H2,13,19). The number of hydrogen-bond donors (Lipinski definition) is 3. The fraction of sp³-hybridized carbons (Fsp3) is 0.0833. The zero-order valence-corrected chi connectivity index (χ0v) is 11.1. The van der Waals surface area contributed by atoms with Gasteiger partial charge in [-0.25, -0.2) is 0 Å². The minimum atomic E-state index is -0.433. The van der Waals surface area contributed by atoms with Crippen LogP contribution in [0.1, 0.15) is 5.56 Å². The first kappa shape index (κ1) is 13.0. The zero-order valence-electron chi connectivity index (χ0n) is 10.3. The molecule has 1 saturated heterocycles. The highest BCUT2D eigenvalue weighted by molar-refractivity contribution is 7.80. The third-order valence-corrected chi connectivity index (χ3v) is 2.66. The van der Waals surface area contributed by atoms with Crippen LogP contribution in [0.4, 0.5) is 5.69 Å². The summed E-state index contributed by atoms with van der Waals surface area (Å²) in [6.45, 7) is 5.66. The van der Waals surface area contributed by atoms with Gasteiger partial charge in [-0.3, -0.25) is 15.6 Å². The van der Waals surface area contributed by atoms with E-state index in [0.29, 0.717) is 5.70 Å². The number of rotatable bonds is 2. The van der Waals surface area contributed by atoms with E-state index in [9.17, 15) is 4.79 Å². The summed E-state index contributed by atoms with van der Waals surface area (Å²) < 4.78 is 0. The molecule has 0 spiro atoms. The van der Waals surface area contributed by atoms with Gasteiger partial charge in [0.2, 0.25) is 0 Å². The first-order chi connectivity index (χ1) is 8.99. The lowest BCUT2D eigenvalue weighted by Crippen LogP contribution is -2.43. The van der Waals surface area contributed by atoms with E-state index in [1.54, 1.807) is 0 Å². The molecule has 2 rings (SSSR count). The van der Waals surface area contributed by atoms with Crippen LogP contribution in [0, 0.1) is 6.92 Å². The Bertz CT molecular complexity index is 596. The van der Waals surface area contributed by atoms with Crippen LogP contribution in [0.2, 0.25) is 0 Å². The van der Waals surface area contributed by atoms with Gasteiger partial charge in [0.05, 0.1) is 11.4 Å². The molecule has 0 aromatic heterocycles. The quantitative estimate of drug-likeness (QED) is 0.551. The van der Waals surface area contributed by atoms with Gasteiger partial charge in [0.25, 0.3) is 0 Å². The molecule has 1 heterocycles. The van der Waals surface area contributed by atoms with Crippen molar-refractivity contribution in [2.45, 2.75) is 6.92 Å². The molecular weight excluding hydrogens is 262 g/mol. The third kappa shape index (κ3) is 2.71. The molecule has 1 aromatic rings. The van der Waals surface area contributed by atoms with Crippen LogP contribution in [0.15, 0.2) is 41.6 Å². The van der Waals surface area contributed by atoms with Crippen LogP contribution in [0.3, 0.4) is 0 Å². The fourth-order valence-electron chi connectivity index (χ4n) is 1.58. The molecule has 19 heavy (non-hydrogen) atoms. The lowest BCUT2D eigenvalue weighted by atomic mass is 10.2. The smallest absolute Gasteiger partial charge is 0.301 e. The van der Waals surface area contributed by atoms with E-state index >= 15 is 0 Å². The maximum absolute atomic E-state index is 11.9. The van der Waals surface area contributed by atoms with Crippen molar-refractivity contribution in [1.82, 2.24) is 10.4 Å². The number of hydrazine groups is 1. The molecule has 0 aliphatic carbocycles. The lowest BCUT2D eigenvalue weighted by molar-refractivity contribution is -0.120. The van der Waals surface area contributed by atoms with E-state index in [-0.39, 0.29) is 10.8 Å². The Labute approximate surface area is 115 Å². The normalized spacial score (nSPS) is 16.7. The van der Waals surface area contributed by atoms with Crippen molar-refractivity contribution in [2.75, 3.05) is 5.43 Å². The number of aryl methyl sites for hydroxylation is 1. The van der Waals surface area contributed by atoms with E-state index in [1.807, 2.05) is 31.2 Å². The molecule has 1 aromatic carbocycles. The summed E-state index contributed by atoms with van der Waals surface area (Å²) >= 11 is 4.74. The van der Waals surface area contributed by atoms with Crippen LogP contribution < -0.4 is 16.6 Å². The SMILES string of the molecule is C=C1NN(C(N)=S)C(=O)C1=NNc1cccc(C)c1. The molecule has 6 nitrogen and oxygen atoms in total. The summed E-state index contributed by atoms with van der Waals surface area (Å²) in [5, 5.41) is 4.97. The van der Waals surface area contributed by atoms with Gasteiger partial charge in [-0.05, 0) is 36.8 Å². The molecule has 1 aliphatic heterocycles. The van der Waals surface area contributed by atoms with Crippen LogP contribution in [-0.4, -0.2) is 21.7 Å². The summed E-state index contributed by atoms with van der Waals surface area (Å²) in [4.78, 5) is 11.9. The molecular formula is C12H13N5OS. The molecule has 7 heteroatoms. The molecule has 1 aliphatic rings. The van der Waals surface area contributed by atoms with Gasteiger partial charge >= 0.3 is 5.91 Å². The largest absolute Gasteiger partial charge is 0.374 e. The number of amides is 1. The predicted molar refractivity (Wildman–Crippen MR) is 78.1 cm³/mol. The second kappa shape index (κ2) is 5.07. The van der Waals surface area contributed by atoms with E-state index < -0.39 is 5.91 Å². The van der Waals surface area contributed by atoms with Crippen molar-refractivity contribution in [3.63, 3.8) is 0 Å². The van der Waals surface area contributed by atoms with Crippen molar-refractivity contribution in [2.24, 2.45) is 10.8 Å². The number of nitrogens with two attached hydrogens (primary N) is 1. The van der Waals surface area contributed by atoms with Crippen molar-refractivity contribution >= 4 is 34.6 Å². The monoisotopic (exact) mass is 275 g/mol. The molecule has 0 unspecified atom stereocenters. The van der Waals surface area contributed by atoms with Crippen molar-refractivity contribution in [3.05, 3.63) is 42.1 Å². The molecule has 0 bridgehead atoms. The van der Waals surface area contributed by atoms with Gasteiger partial charge in [0.1, 0.15) is 0 Å². The minimum absolute atomic E-state index is 0.0769. The van der Waals surface area contributed by atoms with E-state index in [0.717, 1.165) is 16.3 Å². The molecule has 98 valence electrons. The molecule has 0 atom stereocenters.